The van der Waals surface area contributed by atoms with Gasteiger partial charge in [0, 0.05) is 15.6 Å². The molecule has 2 N–H and O–H groups in total. The molecule has 0 aromatic heterocycles. The van der Waals surface area contributed by atoms with E-state index in [2.05, 4.69) is 26.6 Å². The van der Waals surface area contributed by atoms with Gasteiger partial charge in [-0.25, -0.2) is 4.79 Å². The van der Waals surface area contributed by atoms with Crippen molar-refractivity contribution in [2.75, 3.05) is 11.9 Å². The number of carbonyl (C=O) groups is 4. The molecule has 0 saturated carbocycles. The van der Waals surface area contributed by atoms with Crippen LogP contribution in [0.4, 0.5) is 10.5 Å². The molecular weight excluding hydrogens is 426 g/mol. The molecule has 4 amide bonds. The number of ketones is 1. The summed E-state index contributed by atoms with van der Waals surface area (Å²) in [7, 11) is 0. The summed E-state index contributed by atoms with van der Waals surface area (Å²) in [6.45, 7) is 2.53. The highest BCUT2D eigenvalue weighted by molar-refractivity contribution is 9.10. The first-order valence-electron chi connectivity index (χ1n) is 8.53. The van der Waals surface area contributed by atoms with Crippen LogP contribution in [0.3, 0.4) is 0 Å². The molecule has 1 aliphatic heterocycles. The molecule has 1 atom stereocenters. The highest BCUT2D eigenvalue weighted by Gasteiger charge is 2.50. The third-order valence-corrected chi connectivity index (χ3v) is 5.26. The number of benzene rings is 2. The van der Waals surface area contributed by atoms with Crippen molar-refractivity contribution in [3.8, 4) is 0 Å². The Labute approximate surface area is 170 Å². The summed E-state index contributed by atoms with van der Waals surface area (Å²) in [5.74, 6) is -1.31. The van der Waals surface area contributed by atoms with Crippen molar-refractivity contribution in [2.24, 2.45) is 0 Å². The van der Waals surface area contributed by atoms with Crippen molar-refractivity contribution in [1.82, 2.24) is 10.2 Å². The number of urea groups is 1. The number of Topliss-reactive ketones (excluding diaryl/α,β-unsaturated/α-hetero) is 1. The van der Waals surface area contributed by atoms with Crippen molar-refractivity contribution in [3.63, 3.8) is 0 Å². The summed E-state index contributed by atoms with van der Waals surface area (Å²) in [4.78, 5) is 50.3. The average molecular weight is 444 g/mol. The molecule has 1 fully saturated rings. The maximum Gasteiger partial charge on any atom is 0.325 e. The molecule has 1 heterocycles. The first-order chi connectivity index (χ1) is 13.2. The molecule has 28 heavy (non-hydrogen) atoms. The second-order valence-corrected chi connectivity index (χ2v) is 7.43. The second-order valence-electron chi connectivity index (χ2n) is 6.58. The maximum atomic E-state index is 12.9. The molecule has 0 bridgehead atoms. The van der Waals surface area contributed by atoms with E-state index in [1.54, 1.807) is 55.5 Å². The van der Waals surface area contributed by atoms with Gasteiger partial charge in [0.15, 0.2) is 5.78 Å². The Balaban J connectivity index is 1.79. The number of imide groups is 1. The zero-order valence-electron chi connectivity index (χ0n) is 15.3. The molecule has 2 aromatic rings. The minimum Gasteiger partial charge on any atom is -0.324 e. The van der Waals surface area contributed by atoms with Gasteiger partial charge in [0.25, 0.3) is 5.91 Å². The van der Waals surface area contributed by atoms with Gasteiger partial charge in [0.05, 0.1) is 5.69 Å². The lowest BCUT2D eigenvalue weighted by Gasteiger charge is -2.23. The fraction of sp³-hybridized carbons (Fsp3) is 0.200. The monoisotopic (exact) mass is 443 g/mol. The first-order valence-corrected chi connectivity index (χ1v) is 9.32. The smallest absolute Gasteiger partial charge is 0.324 e. The number of para-hydroxylation sites is 1. The summed E-state index contributed by atoms with van der Waals surface area (Å²) in [6, 6.07) is 13.0. The van der Waals surface area contributed by atoms with Gasteiger partial charge < -0.3 is 10.6 Å². The van der Waals surface area contributed by atoms with E-state index in [9.17, 15) is 19.2 Å². The van der Waals surface area contributed by atoms with Gasteiger partial charge in [-0.1, -0.05) is 46.3 Å². The van der Waals surface area contributed by atoms with E-state index < -0.39 is 29.9 Å². The summed E-state index contributed by atoms with van der Waals surface area (Å²) in [6.07, 6.45) is 0. The Bertz CT molecular complexity index is 991. The molecule has 8 heteroatoms. The van der Waals surface area contributed by atoms with Crippen LogP contribution in [0.15, 0.2) is 53.0 Å². The summed E-state index contributed by atoms with van der Waals surface area (Å²) >= 11 is 3.39. The van der Waals surface area contributed by atoms with E-state index in [0.29, 0.717) is 21.3 Å². The quantitative estimate of drug-likeness (QED) is 0.548. The zero-order valence-corrected chi connectivity index (χ0v) is 16.9. The normalized spacial score (nSPS) is 18.8. The Morgan fingerprint density at radius 1 is 1.11 bits per heavy atom. The Kier molecular flexibility index (Phi) is 5.33. The molecule has 0 spiro atoms. The molecule has 7 nitrogen and oxygen atoms in total. The van der Waals surface area contributed by atoms with Crippen molar-refractivity contribution in [2.45, 2.75) is 19.4 Å². The molecule has 144 valence electrons. The minimum atomic E-state index is -1.28. The molecule has 1 saturated heterocycles. The lowest BCUT2D eigenvalue weighted by atomic mass is 9.92. The van der Waals surface area contributed by atoms with E-state index >= 15 is 0 Å². The van der Waals surface area contributed by atoms with E-state index in [-0.39, 0.29) is 5.78 Å². The van der Waals surface area contributed by atoms with Crippen LogP contribution in [0.25, 0.3) is 0 Å². The standard InChI is InChI=1S/C20H18BrN3O4/c1-12(25)13-7-3-6-10-16(13)22-17(26)11-24-18(27)20(2,23-19(24)28)14-8-4-5-9-15(14)21/h3-10H,11H2,1-2H3,(H,22,26)(H,23,28)/t20-/m1/s1. The number of amides is 4. The number of hydrogen-bond acceptors (Lipinski definition) is 4. The molecule has 0 radical (unpaired) electrons. The van der Waals surface area contributed by atoms with Crippen LogP contribution in [0.1, 0.15) is 29.8 Å². The molecular formula is C20H18BrN3O4. The third-order valence-electron chi connectivity index (χ3n) is 4.57. The van der Waals surface area contributed by atoms with E-state index in [1.807, 2.05) is 0 Å². The molecule has 2 aromatic carbocycles. The van der Waals surface area contributed by atoms with Gasteiger partial charge in [0.2, 0.25) is 5.91 Å². The summed E-state index contributed by atoms with van der Waals surface area (Å²) < 4.78 is 0.674. The Hall–Kier alpha value is -3.00. The minimum absolute atomic E-state index is 0.201. The predicted molar refractivity (Wildman–Crippen MR) is 107 cm³/mol. The van der Waals surface area contributed by atoms with Gasteiger partial charge in [-0.3, -0.25) is 19.3 Å². The number of nitrogens with zero attached hydrogens (tertiary/aromatic N) is 1. The van der Waals surface area contributed by atoms with Crippen molar-refractivity contribution >= 4 is 45.2 Å². The van der Waals surface area contributed by atoms with Crippen LogP contribution in [0.2, 0.25) is 0 Å². The van der Waals surface area contributed by atoms with Crippen molar-refractivity contribution < 1.29 is 19.2 Å². The van der Waals surface area contributed by atoms with Crippen LogP contribution in [-0.4, -0.2) is 35.1 Å². The zero-order chi connectivity index (χ0) is 20.5. The van der Waals surface area contributed by atoms with E-state index in [0.717, 1.165) is 4.90 Å². The van der Waals surface area contributed by atoms with Crippen LogP contribution in [0, 0.1) is 0 Å². The fourth-order valence-corrected chi connectivity index (χ4v) is 3.80. The first kappa shape index (κ1) is 19.8. The number of halogens is 1. The van der Waals surface area contributed by atoms with Crippen LogP contribution in [-0.2, 0) is 15.1 Å². The largest absolute Gasteiger partial charge is 0.325 e. The Morgan fingerprint density at radius 3 is 2.43 bits per heavy atom. The van der Waals surface area contributed by atoms with Gasteiger partial charge >= 0.3 is 6.03 Å². The van der Waals surface area contributed by atoms with E-state index in [1.165, 1.54) is 6.92 Å². The predicted octanol–water partition coefficient (Wildman–Crippen LogP) is 3.06. The molecule has 1 aliphatic rings. The van der Waals surface area contributed by atoms with Crippen LogP contribution >= 0.6 is 15.9 Å². The van der Waals surface area contributed by atoms with Gasteiger partial charge in [-0.05, 0) is 32.0 Å². The van der Waals surface area contributed by atoms with Crippen molar-refractivity contribution in [3.05, 3.63) is 64.1 Å². The lowest BCUT2D eigenvalue weighted by Crippen LogP contribution is -2.42. The molecule has 3 rings (SSSR count). The van der Waals surface area contributed by atoms with Crippen LogP contribution < -0.4 is 10.6 Å². The topological polar surface area (TPSA) is 95.6 Å². The highest BCUT2D eigenvalue weighted by atomic mass is 79.9. The Morgan fingerprint density at radius 2 is 1.75 bits per heavy atom. The average Bonchev–Trinajstić information content (AvgIpc) is 2.86. The number of anilines is 1. The van der Waals surface area contributed by atoms with Gasteiger partial charge in [-0.2, -0.15) is 0 Å². The summed E-state index contributed by atoms with van der Waals surface area (Å²) in [5.41, 5.74) is -0.000666. The fourth-order valence-electron chi connectivity index (χ4n) is 3.12. The van der Waals surface area contributed by atoms with Crippen molar-refractivity contribution in [1.29, 1.82) is 0 Å². The van der Waals surface area contributed by atoms with Gasteiger partial charge in [-0.15, -0.1) is 0 Å². The highest BCUT2D eigenvalue weighted by Crippen LogP contribution is 2.33. The maximum absolute atomic E-state index is 12.9. The SMILES string of the molecule is CC(=O)c1ccccc1NC(=O)CN1C(=O)N[C@](C)(c2ccccc2Br)C1=O. The van der Waals surface area contributed by atoms with Gasteiger partial charge in [0.1, 0.15) is 12.1 Å². The number of rotatable bonds is 5. The second kappa shape index (κ2) is 7.55. The lowest BCUT2D eigenvalue weighted by molar-refractivity contribution is -0.133. The van der Waals surface area contributed by atoms with Crippen LogP contribution in [0.5, 0.6) is 0 Å². The molecule has 0 aliphatic carbocycles. The van der Waals surface area contributed by atoms with E-state index in [4.69, 9.17) is 0 Å². The summed E-state index contributed by atoms with van der Waals surface area (Å²) in [5, 5.41) is 5.25. The number of nitrogens with one attached hydrogen (secondary N) is 2. The third kappa shape index (κ3) is 3.55. The number of hydrogen-bond donors (Lipinski definition) is 2. The molecule has 0 unspecified atom stereocenters. The number of carbonyl (C=O) groups excluding carboxylic acids is 4.